The molecular weight excluding hydrogens is 546 g/mol. The van der Waals surface area contributed by atoms with Crippen LogP contribution >= 0.6 is 34.8 Å². The fraction of sp³-hybridized carbons (Fsp3) is 0.174. The van der Waals surface area contributed by atoms with Gasteiger partial charge < -0.3 is 5.32 Å². The number of carbonyl (C=O) groups excluding carboxylic acids is 1. The number of hydrogen-bond donors (Lipinski definition) is 1. The molecule has 2 nitrogen and oxygen atoms in total. The van der Waals surface area contributed by atoms with E-state index in [9.17, 15) is 31.1 Å². The van der Waals surface area contributed by atoms with Gasteiger partial charge in [-0.15, -0.1) is 0 Å². The number of benzene rings is 3. The Kier molecular flexibility index (Phi) is 7.93. The predicted octanol–water partition coefficient (Wildman–Crippen LogP) is 8.75. The highest BCUT2D eigenvalue weighted by Crippen LogP contribution is 2.42. The first-order valence-corrected chi connectivity index (χ1v) is 10.8. The Morgan fingerprint density at radius 1 is 0.886 bits per heavy atom. The second-order valence-corrected chi connectivity index (χ2v) is 8.53. The van der Waals surface area contributed by atoms with Gasteiger partial charge in [-0.3, -0.25) is 4.79 Å². The maximum absolute atomic E-state index is 15.3. The van der Waals surface area contributed by atoms with Gasteiger partial charge in [0, 0.05) is 11.1 Å². The van der Waals surface area contributed by atoms with Crippen LogP contribution in [0.2, 0.25) is 15.1 Å². The molecule has 0 aliphatic heterocycles. The van der Waals surface area contributed by atoms with E-state index in [1.165, 1.54) is 24.3 Å². The SMILES string of the molecule is O=C(NCC(F)(F)F)c1ccc(/C(F)=C/C(c2cc(Cl)c(Cl)c(Cl)c2)C(F)(F)F)c2ccccc12. The summed E-state index contributed by atoms with van der Waals surface area (Å²) in [5.74, 6) is -4.82. The molecule has 0 spiro atoms. The molecule has 3 rings (SSSR count). The van der Waals surface area contributed by atoms with Gasteiger partial charge in [-0.05, 0) is 40.6 Å². The zero-order valence-corrected chi connectivity index (χ0v) is 19.4. The highest BCUT2D eigenvalue weighted by Gasteiger charge is 2.40. The summed E-state index contributed by atoms with van der Waals surface area (Å²) < 4.78 is 94.1. The number of fused-ring (bicyclic) bond motifs is 1. The van der Waals surface area contributed by atoms with Gasteiger partial charge in [0.2, 0.25) is 0 Å². The average Bonchev–Trinajstić information content (AvgIpc) is 2.77. The lowest BCUT2D eigenvalue weighted by Crippen LogP contribution is -2.33. The predicted molar refractivity (Wildman–Crippen MR) is 122 cm³/mol. The summed E-state index contributed by atoms with van der Waals surface area (Å²) in [6.07, 6.45) is -9.27. The van der Waals surface area contributed by atoms with Crippen LogP contribution in [0.15, 0.2) is 54.6 Å². The fourth-order valence-electron chi connectivity index (χ4n) is 3.35. The lowest BCUT2D eigenvalue weighted by atomic mass is 9.94. The van der Waals surface area contributed by atoms with E-state index in [1.807, 2.05) is 0 Å². The zero-order valence-electron chi connectivity index (χ0n) is 17.2. The Labute approximate surface area is 209 Å². The summed E-state index contributed by atoms with van der Waals surface area (Å²) in [5, 5.41) is 1.12. The molecule has 12 heteroatoms. The third-order valence-electron chi connectivity index (χ3n) is 4.91. The van der Waals surface area contributed by atoms with E-state index in [-0.39, 0.29) is 37.0 Å². The van der Waals surface area contributed by atoms with Crippen molar-refractivity contribution in [3.63, 3.8) is 0 Å². The summed E-state index contributed by atoms with van der Waals surface area (Å²) in [5.41, 5.74) is -0.960. The van der Waals surface area contributed by atoms with Crippen molar-refractivity contribution in [2.75, 3.05) is 6.54 Å². The monoisotopic (exact) mass is 557 g/mol. The summed E-state index contributed by atoms with van der Waals surface area (Å²) in [7, 11) is 0. The number of amides is 1. The van der Waals surface area contributed by atoms with Crippen LogP contribution in [0.5, 0.6) is 0 Å². The molecule has 0 heterocycles. The Hall–Kier alpha value is -2.49. The van der Waals surface area contributed by atoms with E-state index < -0.39 is 42.1 Å². The van der Waals surface area contributed by atoms with E-state index in [0.717, 1.165) is 24.3 Å². The molecule has 0 aromatic heterocycles. The number of carbonyl (C=O) groups is 1. The molecule has 1 unspecified atom stereocenters. The Morgan fingerprint density at radius 2 is 1.40 bits per heavy atom. The zero-order chi connectivity index (χ0) is 26.1. The number of alkyl halides is 6. The van der Waals surface area contributed by atoms with Gasteiger partial charge in [-0.2, -0.15) is 26.3 Å². The highest BCUT2D eigenvalue weighted by atomic mass is 35.5. The largest absolute Gasteiger partial charge is 0.405 e. The Balaban J connectivity index is 2.09. The van der Waals surface area contributed by atoms with Gasteiger partial charge in [0.1, 0.15) is 18.3 Å². The van der Waals surface area contributed by atoms with E-state index in [1.54, 1.807) is 5.32 Å². The second kappa shape index (κ2) is 10.2. The number of rotatable bonds is 5. The minimum Gasteiger partial charge on any atom is -0.343 e. The maximum atomic E-state index is 15.3. The lowest BCUT2D eigenvalue weighted by molar-refractivity contribution is -0.139. The van der Waals surface area contributed by atoms with Gasteiger partial charge in [0.15, 0.2) is 0 Å². The maximum Gasteiger partial charge on any atom is 0.405 e. The third kappa shape index (κ3) is 6.39. The number of nitrogens with one attached hydrogen (secondary N) is 1. The second-order valence-electron chi connectivity index (χ2n) is 7.34. The van der Waals surface area contributed by atoms with Crippen LogP contribution in [0, 0.1) is 0 Å². The summed E-state index contributed by atoms with van der Waals surface area (Å²) >= 11 is 17.5. The highest BCUT2D eigenvalue weighted by molar-refractivity contribution is 6.48. The molecule has 3 aromatic rings. The molecule has 0 radical (unpaired) electrons. The van der Waals surface area contributed by atoms with E-state index >= 15 is 4.39 Å². The molecular formula is C23H13Cl3F7NO. The van der Waals surface area contributed by atoms with Crippen LogP contribution in [-0.2, 0) is 0 Å². The topological polar surface area (TPSA) is 29.1 Å². The summed E-state index contributed by atoms with van der Waals surface area (Å²) in [6.45, 7) is -1.59. The van der Waals surface area contributed by atoms with Crippen molar-refractivity contribution in [3.8, 4) is 0 Å². The van der Waals surface area contributed by atoms with Crippen LogP contribution in [0.3, 0.4) is 0 Å². The van der Waals surface area contributed by atoms with Crippen LogP contribution in [0.4, 0.5) is 30.7 Å². The molecule has 1 amide bonds. The molecule has 0 saturated carbocycles. The minimum absolute atomic E-state index is 0.0222. The number of hydrogen-bond acceptors (Lipinski definition) is 1. The molecule has 0 aliphatic carbocycles. The van der Waals surface area contributed by atoms with Crippen molar-refractivity contribution in [1.82, 2.24) is 5.32 Å². The first-order chi connectivity index (χ1) is 16.2. The quantitative estimate of drug-likeness (QED) is 0.246. The van der Waals surface area contributed by atoms with Crippen molar-refractivity contribution in [1.29, 1.82) is 0 Å². The van der Waals surface area contributed by atoms with Gasteiger partial charge >= 0.3 is 12.4 Å². The van der Waals surface area contributed by atoms with Gasteiger partial charge in [0.05, 0.1) is 15.1 Å². The Bertz CT molecular complexity index is 1280. The molecule has 3 aromatic carbocycles. The van der Waals surface area contributed by atoms with Crippen molar-refractivity contribution in [2.24, 2.45) is 0 Å². The molecule has 0 aliphatic rings. The van der Waals surface area contributed by atoms with E-state index in [4.69, 9.17) is 34.8 Å². The summed E-state index contributed by atoms with van der Waals surface area (Å²) in [6, 6.07) is 9.46. The average molecular weight is 559 g/mol. The van der Waals surface area contributed by atoms with Gasteiger partial charge in [-0.25, -0.2) is 4.39 Å². The molecule has 1 atom stereocenters. The number of allylic oxidation sites excluding steroid dienone is 1. The first kappa shape index (κ1) is 27.1. The summed E-state index contributed by atoms with van der Waals surface area (Å²) in [4.78, 5) is 12.3. The molecule has 0 saturated heterocycles. The van der Waals surface area contributed by atoms with E-state index in [0.29, 0.717) is 6.08 Å². The molecule has 0 bridgehead atoms. The van der Waals surface area contributed by atoms with Crippen LogP contribution < -0.4 is 5.32 Å². The van der Waals surface area contributed by atoms with Crippen LogP contribution in [0.25, 0.3) is 16.6 Å². The smallest absolute Gasteiger partial charge is 0.343 e. The first-order valence-electron chi connectivity index (χ1n) is 9.64. The van der Waals surface area contributed by atoms with Crippen molar-refractivity contribution >= 4 is 57.3 Å². The van der Waals surface area contributed by atoms with Crippen molar-refractivity contribution < 1.29 is 35.5 Å². The third-order valence-corrected chi connectivity index (χ3v) is 6.10. The standard InChI is InChI=1S/C23H13Cl3F7NO/c24-17-7-11(8-18(25)20(17)26)16(23(31,32)33)9-19(27)14-5-6-15(13-4-2-1-3-12(13)14)21(35)34-10-22(28,29)30/h1-9,16H,10H2,(H,34,35)/b19-9-. The Morgan fingerprint density at radius 3 is 1.91 bits per heavy atom. The fourth-order valence-corrected chi connectivity index (χ4v) is 3.96. The molecule has 35 heavy (non-hydrogen) atoms. The van der Waals surface area contributed by atoms with Crippen molar-refractivity contribution in [3.05, 3.63) is 86.4 Å². The van der Waals surface area contributed by atoms with Gasteiger partial charge in [0.25, 0.3) is 5.91 Å². The van der Waals surface area contributed by atoms with Crippen LogP contribution in [-0.4, -0.2) is 24.8 Å². The minimum atomic E-state index is -4.94. The molecule has 1 N–H and O–H groups in total. The van der Waals surface area contributed by atoms with Gasteiger partial charge in [-0.1, -0.05) is 65.1 Å². The molecule has 0 fully saturated rings. The molecule has 186 valence electrons. The van der Waals surface area contributed by atoms with Crippen LogP contribution in [0.1, 0.15) is 27.4 Å². The van der Waals surface area contributed by atoms with E-state index in [2.05, 4.69) is 0 Å². The normalized spacial score (nSPS) is 13.7. The van der Waals surface area contributed by atoms with Crippen molar-refractivity contribution in [2.45, 2.75) is 18.3 Å². The number of halogens is 10. The lowest BCUT2D eigenvalue weighted by Gasteiger charge is -2.19.